The van der Waals surface area contributed by atoms with Crippen molar-refractivity contribution in [3.8, 4) is 0 Å². The minimum absolute atomic E-state index is 0.242. The van der Waals surface area contributed by atoms with E-state index in [1.54, 1.807) is 0 Å². The van der Waals surface area contributed by atoms with Crippen LogP contribution in [0.4, 0.5) is 0 Å². The van der Waals surface area contributed by atoms with Gasteiger partial charge in [0.1, 0.15) is 0 Å². The number of hydrogen-bond donors (Lipinski definition) is 2. The molecule has 0 aliphatic heterocycles. The molecule has 2 nitrogen and oxygen atoms in total. The minimum Gasteiger partial charge on any atom is -0.393 e. The zero-order valence-electron chi connectivity index (χ0n) is 25.5. The van der Waals surface area contributed by atoms with Crippen LogP contribution in [0.15, 0.2) is 30.3 Å². The van der Waals surface area contributed by atoms with Gasteiger partial charge in [0.25, 0.3) is 0 Å². The predicted octanol–water partition coefficient (Wildman–Crippen LogP) is 9.00. The van der Waals surface area contributed by atoms with Gasteiger partial charge in [-0.15, -0.1) is 0 Å². The molecule has 0 bridgehead atoms. The zero-order valence-corrected chi connectivity index (χ0v) is 25.5. The first-order chi connectivity index (χ1) is 18.0. The number of aliphatic hydroxyl groups excluding tert-OH is 1. The van der Waals surface area contributed by atoms with Crippen molar-refractivity contribution in [3.63, 3.8) is 0 Å². The molecule has 0 amide bonds. The Morgan fingerprint density at radius 3 is 2.26 bits per heavy atom. The second-order valence-electron chi connectivity index (χ2n) is 15.4. The first-order valence-corrected chi connectivity index (χ1v) is 16.5. The number of benzene rings is 1. The lowest BCUT2D eigenvalue weighted by molar-refractivity contribution is -0.172. The summed E-state index contributed by atoms with van der Waals surface area (Å²) in [6.45, 7) is 14.4. The third-order valence-corrected chi connectivity index (χ3v) is 13.6. The molecule has 4 aliphatic rings. The van der Waals surface area contributed by atoms with E-state index >= 15 is 0 Å². The van der Waals surface area contributed by atoms with E-state index in [1.807, 2.05) is 0 Å². The lowest BCUT2D eigenvalue weighted by Crippen LogP contribution is -2.58. The SMILES string of the molecule is CC[C@]1(O)CC[C@@]2(C)[C@@H](CC[C@@H]3[C@@H]2CC[C@]2(C)[C@@H]([C@H](C)C(C[C@@H](O)C(C)C)c4ccccc4)CCC[C@@H]32)C1. The molecule has 1 aromatic rings. The molecular formula is C36H58O2. The Morgan fingerprint density at radius 2 is 1.58 bits per heavy atom. The van der Waals surface area contributed by atoms with Crippen molar-refractivity contribution in [2.45, 2.75) is 136 Å². The molecule has 214 valence electrons. The fourth-order valence-electron chi connectivity index (χ4n) is 10.9. The number of fused-ring (bicyclic) bond motifs is 5. The van der Waals surface area contributed by atoms with Gasteiger partial charge in [-0.3, -0.25) is 0 Å². The average molecular weight is 523 g/mol. The Labute approximate surface area is 234 Å². The minimum atomic E-state index is -0.404. The molecule has 1 aromatic carbocycles. The highest BCUT2D eigenvalue weighted by molar-refractivity contribution is 5.22. The molecule has 1 unspecified atom stereocenters. The number of hydrogen-bond acceptors (Lipinski definition) is 2. The molecule has 4 saturated carbocycles. The Hall–Kier alpha value is -0.860. The van der Waals surface area contributed by atoms with Crippen LogP contribution in [0.2, 0.25) is 0 Å². The molecule has 0 aromatic heterocycles. The molecule has 0 radical (unpaired) electrons. The van der Waals surface area contributed by atoms with E-state index in [0.29, 0.717) is 34.5 Å². The molecule has 0 spiro atoms. The average Bonchev–Trinajstić information content (AvgIpc) is 2.91. The summed E-state index contributed by atoms with van der Waals surface area (Å²) in [5, 5.41) is 22.2. The summed E-state index contributed by atoms with van der Waals surface area (Å²) >= 11 is 0. The van der Waals surface area contributed by atoms with Gasteiger partial charge < -0.3 is 10.2 Å². The van der Waals surface area contributed by atoms with Crippen molar-refractivity contribution in [1.82, 2.24) is 0 Å². The molecule has 4 fully saturated rings. The molecular weight excluding hydrogens is 464 g/mol. The second-order valence-corrected chi connectivity index (χ2v) is 15.4. The largest absolute Gasteiger partial charge is 0.393 e. The van der Waals surface area contributed by atoms with Crippen LogP contribution in [0.1, 0.15) is 130 Å². The molecule has 2 heteroatoms. The van der Waals surface area contributed by atoms with Crippen LogP contribution < -0.4 is 0 Å². The molecule has 2 N–H and O–H groups in total. The van der Waals surface area contributed by atoms with Crippen molar-refractivity contribution in [1.29, 1.82) is 0 Å². The van der Waals surface area contributed by atoms with Gasteiger partial charge >= 0.3 is 0 Å². The maximum absolute atomic E-state index is 11.2. The molecule has 0 saturated heterocycles. The zero-order chi connectivity index (χ0) is 27.3. The van der Waals surface area contributed by atoms with Gasteiger partial charge in [0, 0.05) is 0 Å². The maximum atomic E-state index is 11.2. The summed E-state index contributed by atoms with van der Waals surface area (Å²) in [6, 6.07) is 11.1. The number of aliphatic hydroxyl groups is 2. The summed E-state index contributed by atoms with van der Waals surface area (Å²) in [5.74, 6) is 5.31. The fraction of sp³-hybridized carbons (Fsp3) is 0.833. The van der Waals surface area contributed by atoms with Gasteiger partial charge in [-0.1, -0.05) is 78.3 Å². The Kier molecular flexibility index (Phi) is 8.18. The van der Waals surface area contributed by atoms with Crippen LogP contribution in [0, 0.1) is 52.3 Å². The Morgan fingerprint density at radius 1 is 0.868 bits per heavy atom. The van der Waals surface area contributed by atoms with Gasteiger partial charge in [-0.2, -0.15) is 0 Å². The monoisotopic (exact) mass is 522 g/mol. The van der Waals surface area contributed by atoms with E-state index in [-0.39, 0.29) is 6.10 Å². The Balaban J connectivity index is 1.40. The lowest BCUT2D eigenvalue weighted by Gasteiger charge is -2.65. The van der Waals surface area contributed by atoms with Crippen LogP contribution in [0.5, 0.6) is 0 Å². The van der Waals surface area contributed by atoms with E-state index in [2.05, 4.69) is 71.9 Å². The van der Waals surface area contributed by atoms with Gasteiger partial charge in [-0.25, -0.2) is 0 Å². The molecule has 11 atom stereocenters. The van der Waals surface area contributed by atoms with E-state index in [9.17, 15) is 10.2 Å². The smallest absolute Gasteiger partial charge is 0.0648 e. The van der Waals surface area contributed by atoms with Crippen LogP contribution in [-0.4, -0.2) is 21.9 Å². The number of rotatable bonds is 7. The summed E-state index contributed by atoms with van der Waals surface area (Å²) in [7, 11) is 0. The fourth-order valence-corrected chi connectivity index (χ4v) is 10.9. The van der Waals surface area contributed by atoms with Crippen LogP contribution in [0.25, 0.3) is 0 Å². The topological polar surface area (TPSA) is 40.5 Å². The molecule has 4 aliphatic carbocycles. The van der Waals surface area contributed by atoms with Crippen molar-refractivity contribution in [3.05, 3.63) is 35.9 Å². The van der Waals surface area contributed by atoms with Gasteiger partial charge in [-0.05, 0) is 134 Å². The predicted molar refractivity (Wildman–Crippen MR) is 159 cm³/mol. The van der Waals surface area contributed by atoms with Gasteiger partial charge in [0.2, 0.25) is 0 Å². The molecule has 5 rings (SSSR count). The van der Waals surface area contributed by atoms with E-state index < -0.39 is 5.60 Å². The molecule has 0 heterocycles. The lowest BCUT2D eigenvalue weighted by atomic mass is 9.40. The standard InChI is InChI=1S/C36H58O2/c1-7-36(38)21-20-34(5)27(23-36)16-17-28-31-15-11-14-30(35(31,6)19-18-32(28)34)25(4)29(22-33(37)24(2)3)26-12-9-8-10-13-26/h8-10,12-13,24-25,27-33,37-38H,7,11,14-23H2,1-6H3/t25-,27+,28+,29?,30-,31+,32+,33-,34+,35-,36+/m1/s1. The van der Waals surface area contributed by atoms with Crippen LogP contribution in [-0.2, 0) is 0 Å². The van der Waals surface area contributed by atoms with Crippen molar-refractivity contribution >= 4 is 0 Å². The van der Waals surface area contributed by atoms with E-state index in [0.717, 1.165) is 49.4 Å². The van der Waals surface area contributed by atoms with E-state index in [4.69, 9.17) is 0 Å². The first-order valence-electron chi connectivity index (χ1n) is 16.5. The van der Waals surface area contributed by atoms with Crippen molar-refractivity contribution in [2.75, 3.05) is 0 Å². The van der Waals surface area contributed by atoms with Crippen LogP contribution >= 0.6 is 0 Å². The normalized spacial score (nSPS) is 43.4. The third-order valence-electron chi connectivity index (χ3n) is 13.6. The second kappa shape index (κ2) is 10.8. The van der Waals surface area contributed by atoms with Crippen LogP contribution in [0.3, 0.4) is 0 Å². The summed E-state index contributed by atoms with van der Waals surface area (Å²) in [6.07, 6.45) is 14.5. The van der Waals surface area contributed by atoms with Gasteiger partial charge in [0.15, 0.2) is 0 Å². The van der Waals surface area contributed by atoms with E-state index in [1.165, 1.54) is 56.9 Å². The highest BCUT2D eigenvalue weighted by Gasteiger charge is 2.60. The highest BCUT2D eigenvalue weighted by Crippen LogP contribution is 2.68. The molecule has 38 heavy (non-hydrogen) atoms. The third kappa shape index (κ3) is 4.93. The van der Waals surface area contributed by atoms with Crippen molar-refractivity contribution < 1.29 is 10.2 Å². The van der Waals surface area contributed by atoms with Gasteiger partial charge in [0.05, 0.1) is 11.7 Å². The first kappa shape index (κ1) is 28.7. The van der Waals surface area contributed by atoms with Crippen molar-refractivity contribution in [2.24, 2.45) is 52.3 Å². The highest BCUT2D eigenvalue weighted by atomic mass is 16.3. The summed E-state index contributed by atoms with van der Waals surface area (Å²) in [4.78, 5) is 0. The quantitative estimate of drug-likeness (QED) is 0.375. The summed E-state index contributed by atoms with van der Waals surface area (Å²) < 4.78 is 0. The summed E-state index contributed by atoms with van der Waals surface area (Å²) in [5.41, 5.74) is 1.87. The Bertz CT molecular complexity index is 927. The maximum Gasteiger partial charge on any atom is 0.0648 e.